The molecule has 1 aliphatic heterocycles. The summed E-state index contributed by atoms with van der Waals surface area (Å²) in [5.74, 6) is 0.221. The van der Waals surface area contributed by atoms with Gasteiger partial charge in [-0.15, -0.1) is 0 Å². The van der Waals surface area contributed by atoms with E-state index in [9.17, 15) is 9.90 Å². The molecule has 1 aliphatic rings. The Morgan fingerprint density at radius 2 is 2.18 bits per heavy atom. The van der Waals surface area contributed by atoms with Crippen molar-refractivity contribution in [3.05, 3.63) is 0 Å². The van der Waals surface area contributed by atoms with Crippen molar-refractivity contribution in [2.45, 2.75) is 38.9 Å². The van der Waals surface area contributed by atoms with Crippen LogP contribution in [0.3, 0.4) is 0 Å². The molecule has 0 aromatic heterocycles. The SMILES string of the molecule is CNC[C@@H]1CCN(C(=O)OC(C)(C)C)C[C@H]1O. The zero-order chi connectivity index (χ0) is 13.1. The number of carbonyl (C=O) groups is 1. The number of β-amino-alcohol motifs (C(OH)–C–C–N with tert-alkyl or cyclic N) is 1. The van der Waals surface area contributed by atoms with E-state index >= 15 is 0 Å². The lowest BCUT2D eigenvalue weighted by Gasteiger charge is -2.36. The fraction of sp³-hybridized carbons (Fsp3) is 0.917. The maximum atomic E-state index is 11.8. The van der Waals surface area contributed by atoms with Gasteiger partial charge in [0.15, 0.2) is 0 Å². The Kier molecular flexibility index (Phi) is 4.77. The van der Waals surface area contributed by atoms with Crippen molar-refractivity contribution in [3.8, 4) is 0 Å². The number of nitrogens with one attached hydrogen (secondary N) is 1. The Morgan fingerprint density at radius 3 is 2.65 bits per heavy atom. The van der Waals surface area contributed by atoms with Crippen molar-refractivity contribution in [3.63, 3.8) is 0 Å². The second-order valence-electron chi connectivity index (χ2n) is 5.60. The van der Waals surface area contributed by atoms with Gasteiger partial charge in [0.1, 0.15) is 5.60 Å². The largest absolute Gasteiger partial charge is 0.444 e. The molecule has 0 spiro atoms. The van der Waals surface area contributed by atoms with Crippen molar-refractivity contribution in [1.29, 1.82) is 0 Å². The third-order valence-corrected chi connectivity index (χ3v) is 2.84. The number of piperidine rings is 1. The lowest BCUT2D eigenvalue weighted by atomic mass is 9.94. The van der Waals surface area contributed by atoms with Crippen LogP contribution in [0, 0.1) is 5.92 Å². The number of nitrogens with zero attached hydrogens (tertiary/aromatic N) is 1. The van der Waals surface area contributed by atoms with Crippen LogP contribution >= 0.6 is 0 Å². The van der Waals surface area contributed by atoms with Gasteiger partial charge in [0, 0.05) is 19.0 Å². The minimum Gasteiger partial charge on any atom is -0.444 e. The second kappa shape index (κ2) is 5.69. The van der Waals surface area contributed by atoms with Crippen LogP contribution < -0.4 is 5.32 Å². The lowest BCUT2D eigenvalue weighted by molar-refractivity contribution is -0.0121. The van der Waals surface area contributed by atoms with Crippen LogP contribution in [0.4, 0.5) is 4.79 Å². The zero-order valence-corrected chi connectivity index (χ0v) is 11.2. The summed E-state index contributed by atoms with van der Waals surface area (Å²) < 4.78 is 5.28. The second-order valence-corrected chi connectivity index (χ2v) is 5.60. The first kappa shape index (κ1) is 14.3. The number of ether oxygens (including phenoxy) is 1. The van der Waals surface area contributed by atoms with Gasteiger partial charge >= 0.3 is 6.09 Å². The van der Waals surface area contributed by atoms with Gasteiger partial charge in [-0.25, -0.2) is 4.79 Å². The Bertz CT molecular complexity index is 263. The summed E-state index contributed by atoms with van der Waals surface area (Å²) in [5, 5.41) is 13.0. The standard InChI is InChI=1S/C12H24N2O3/c1-12(2,3)17-11(16)14-6-5-9(7-13-4)10(15)8-14/h9-10,13,15H,5-8H2,1-4H3/t9-,10+/m0/s1. The van der Waals surface area contributed by atoms with E-state index in [1.54, 1.807) is 4.90 Å². The predicted octanol–water partition coefficient (Wildman–Crippen LogP) is 0.824. The first-order valence-electron chi connectivity index (χ1n) is 6.14. The summed E-state index contributed by atoms with van der Waals surface area (Å²) in [4.78, 5) is 13.4. The van der Waals surface area contributed by atoms with Crippen LogP contribution in [0.2, 0.25) is 0 Å². The van der Waals surface area contributed by atoms with E-state index in [1.165, 1.54) is 0 Å². The van der Waals surface area contributed by atoms with Crippen molar-refractivity contribution < 1.29 is 14.6 Å². The van der Waals surface area contributed by atoms with Gasteiger partial charge in [-0.1, -0.05) is 0 Å². The van der Waals surface area contributed by atoms with Gasteiger partial charge in [-0.2, -0.15) is 0 Å². The Labute approximate surface area is 103 Å². The number of rotatable bonds is 2. The summed E-state index contributed by atoms with van der Waals surface area (Å²) in [6, 6.07) is 0. The van der Waals surface area contributed by atoms with Gasteiger partial charge in [-0.05, 0) is 34.2 Å². The molecular formula is C12H24N2O3. The Hall–Kier alpha value is -0.810. The topological polar surface area (TPSA) is 61.8 Å². The average molecular weight is 244 g/mol. The Balaban J connectivity index is 2.46. The van der Waals surface area contributed by atoms with Crippen molar-refractivity contribution in [2.24, 2.45) is 5.92 Å². The summed E-state index contributed by atoms with van der Waals surface area (Å²) >= 11 is 0. The summed E-state index contributed by atoms with van der Waals surface area (Å²) in [6.45, 7) is 7.32. The zero-order valence-electron chi connectivity index (χ0n) is 11.2. The van der Waals surface area contributed by atoms with E-state index in [0.29, 0.717) is 13.1 Å². The predicted molar refractivity (Wildman–Crippen MR) is 65.8 cm³/mol. The van der Waals surface area contributed by atoms with Crippen LogP contribution in [-0.2, 0) is 4.74 Å². The number of carbonyl (C=O) groups excluding carboxylic acids is 1. The highest BCUT2D eigenvalue weighted by Gasteiger charge is 2.31. The van der Waals surface area contributed by atoms with E-state index in [-0.39, 0.29) is 12.0 Å². The summed E-state index contributed by atoms with van der Waals surface area (Å²) in [5.41, 5.74) is -0.482. The highest BCUT2D eigenvalue weighted by molar-refractivity contribution is 5.68. The number of hydrogen-bond donors (Lipinski definition) is 2. The van der Waals surface area contributed by atoms with Crippen LogP contribution in [0.15, 0.2) is 0 Å². The van der Waals surface area contributed by atoms with Crippen molar-refractivity contribution in [2.75, 3.05) is 26.7 Å². The highest BCUT2D eigenvalue weighted by atomic mass is 16.6. The highest BCUT2D eigenvalue weighted by Crippen LogP contribution is 2.19. The fourth-order valence-electron chi connectivity index (χ4n) is 1.97. The minimum absolute atomic E-state index is 0.221. The van der Waals surface area contributed by atoms with E-state index in [1.807, 2.05) is 27.8 Å². The minimum atomic E-state index is -0.482. The monoisotopic (exact) mass is 244 g/mol. The number of likely N-dealkylation sites (tertiary alicyclic amines) is 1. The fourth-order valence-corrected chi connectivity index (χ4v) is 1.97. The number of aliphatic hydroxyl groups is 1. The van der Waals surface area contributed by atoms with E-state index in [2.05, 4.69) is 5.32 Å². The molecule has 1 amide bonds. The van der Waals surface area contributed by atoms with Gasteiger partial charge in [0.05, 0.1) is 12.6 Å². The molecule has 1 saturated heterocycles. The molecule has 0 bridgehead atoms. The molecule has 2 atom stereocenters. The van der Waals surface area contributed by atoms with Gasteiger partial charge in [0.2, 0.25) is 0 Å². The molecule has 5 nitrogen and oxygen atoms in total. The molecule has 0 radical (unpaired) electrons. The smallest absolute Gasteiger partial charge is 0.410 e. The molecule has 0 unspecified atom stereocenters. The molecule has 100 valence electrons. The average Bonchev–Trinajstić information content (AvgIpc) is 2.18. The Morgan fingerprint density at radius 1 is 1.53 bits per heavy atom. The molecule has 5 heteroatoms. The van der Waals surface area contributed by atoms with Crippen LogP contribution in [0.25, 0.3) is 0 Å². The molecule has 2 N–H and O–H groups in total. The van der Waals surface area contributed by atoms with Gasteiger partial charge < -0.3 is 20.1 Å². The lowest BCUT2D eigenvalue weighted by Crippen LogP contribution is -2.50. The number of aliphatic hydroxyl groups excluding tert-OH is 1. The molecule has 0 aromatic rings. The van der Waals surface area contributed by atoms with Gasteiger partial charge in [0.25, 0.3) is 0 Å². The molecule has 1 fully saturated rings. The van der Waals surface area contributed by atoms with Crippen LogP contribution in [-0.4, -0.2) is 54.5 Å². The third kappa shape index (κ3) is 4.52. The maximum Gasteiger partial charge on any atom is 0.410 e. The number of amides is 1. The summed E-state index contributed by atoms with van der Waals surface area (Å²) in [7, 11) is 1.87. The molecule has 0 aromatic carbocycles. The van der Waals surface area contributed by atoms with Crippen LogP contribution in [0.1, 0.15) is 27.2 Å². The van der Waals surface area contributed by atoms with Crippen molar-refractivity contribution in [1.82, 2.24) is 10.2 Å². The van der Waals surface area contributed by atoms with E-state index < -0.39 is 11.7 Å². The van der Waals surface area contributed by atoms with E-state index in [4.69, 9.17) is 4.74 Å². The molecule has 1 rings (SSSR count). The first-order valence-corrected chi connectivity index (χ1v) is 6.14. The molecular weight excluding hydrogens is 220 g/mol. The molecule has 17 heavy (non-hydrogen) atoms. The quantitative estimate of drug-likeness (QED) is 0.755. The number of hydrogen-bond acceptors (Lipinski definition) is 4. The molecule has 0 saturated carbocycles. The van der Waals surface area contributed by atoms with E-state index in [0.717, 1.165) is 13.0 Å². The molecule has 0 aliphatic carbocycles. The normalized spacial score (nSPS) is 25.8. The molecule has 1 heterocycles. The summed E-state index contributed by atoms with van der Waals surface area (Å²) in [6.07, 6.45) is 0.00418. The maximum absolute atomic E-state index is 11.8. The third-order valence-electron chi connectivity index (χ3n) is 2.84. The van der Waals surface area contributed by atoms with Crippen molar-refractivity contribution >= 4 is 6.09 Å². The van der Waals surface area contributed by atoms with Crippen LogP contribution in [0.5, 0.6) is 0 Å². The van der Waals surface area contributed by atoms with Gasteiger partial charge in [-0.3, -0.25) is 0 Å². The first-order chi connectivity index (χ1) is 7.83.